The second-order valence-corrected chi connectivity index (χ2v) is 4.35. The normalized spacial score (nSPS) is 10.9. The van der Waals surface area contributed by atoms with E-state index < -0.39 is 17.5 Å². The summed E-state index contributed by atoms with van der Waals surface area (Å²) in [6.45, 7) is 0. The summed E-state index contributed by atoms with van der Waals surface area (Å²) in [5, 5.41) is 22.3. The highest BCUT2D eigenvalue weighted by Crippen LogP contribution is 2.26. The zero-order valence-electron chi connectivity index (χ0n) is 10.5. The molecule has 0 amide bonds. The van der Waals surface area contributed by atoms with Crippen molar-refractivity contribution in [2.45, 2.75) is 0 Å². The summed E-state index contributed by atoms with van der Waals surface area (Å²) < 4.78 is 14.6. The minimum Gasteiger partial charge on any atom is -0.505 e. The van der Waals surface area contributed by atoms with Gasteiger partial charge in [-0.1, -0.05) is 6.07 Å². The molecule has 3 rings (SSSR count). The first-order chi connectivity index (χ1) is 9.95. The van der Waals surface area contributed by atoms with E-state index in [-0.39, 0.29) is 17.2 Å². The molecule has 3 aromatic rings. The number of nitrogens with zero attached hydrogens (tertiary/aromatic N) is 3. The molecule has 106 valence electrons. The minimum absolute atomic E-state index is 0.0634. The molecule has 0 aliphatic rings. The lowest BCUT2D eigenvalue weighted by atomic mass is 10.1. The molecule has 0 atom stereocenters. The zero-order valence-corrected chi connectivity index (χ0v) is 10.5. The lowest BCUT2D eigenvalue weighted by Gasteiger charge is -2.06. The van der Waals surface area contributed by atoms with E-state index in [1.165, 1.54) is 28.9 Å². The van der Waals surface area contributed by atoms with Crippen LogP contribution in [-0.2, 0) is 0 Å². The summed E-state index contributed by atoms with van der Waals surface area (Å²) in [6.07, 6.45) is 1.48. The van der Waals surface area contributed by atoms with E-state index >= 15 is 0 Å². The Morgan fingerprint density at radius 2 is 2.05 bits per heavy atom. The van der Waals surface area contributed by atoms with E-state index in [1.807, 2.05) is 0 Å². The molecule has 0 saturated carbocycles. The van der Waals surface area contributed by atoms with Crippen LogP contribution in [0.4, 0.5) is 10.3 Å². The highest BCUT2D eigenvalue weighted by Gasteiger charge is 2.15. The minimum atomic E-state index is -1.20. The van der Waals surface area contributed by atoms with Crippen molar-refractivity contribution in [2.24, 2.45) is 0 Å². The van der Waals surface area contributed by atoms with Crippen LogP contribution < -0.4 is 5.73 Å². The predicted molar refractivity (Wildman–Crippen MR) is 71.4 cm³/mol. The first-order valence-corrected chi connectivity index (χ1v) is 5.84. The maximum absolute atomic E-state index is 13.4. The summed E-state index contributed by atoms with van der Waals surface area (Å²) >= 11 is 0. The van der Waals surface area contributed by atoms with Gasteiger partial charge in [0.1, 0.15) is 5.56 Å². The Morgan fingerprint density at radius 1 is 1.29 bits per heavy atom. The van der Waals surface area contributed by atoms with E-state index in [0.717, 1.165) is 6.07 Å². The van der Waals surface area contributed by atoms with Crippen molar-refractivity contribution in [2.75, 3.05) is 5.73 Å². The number of phenolic OH excluding ortho intramolecular Hbond substituents is 1. The number of aromatic nitrogens is 3. The number of hydrogen-bond donors (Lipinski definition) is 3. The smallest absolute Gasteiger partial charge is 0.339 e. The van der Waals surface area contributed by atoms with Gasteiger partial charge in [0.2, 0.25) is 5.95 Å². The molecule has 0 fully saturated rings. The number of pyridine rings is 1. The average molecular weight is 288 g/mol. The molecular weight excluding hydrogens is 279 g/mol. The van der Waals surface area contributed by atoms with Gasteiger partial charge in [-0.3, -0.25) is 0 Å². The fourth-order valence-corrected chi connectivity index (χ4v) is 2.00. The van der Waals surface area contributed by atoms with Crippen LogP contribution in [0.3, 0.4) is 0 Å². The number of carboxylic acid groups (broad SMARTS) is 1. The van der Waals surface area contributed by atoms with Gasteiger partial charge in [0, 0.05) is 11.8 Å². The van der Waals surface area contributed by atoms with E-state index in [9.17, 15) is 19.4 Å². The fraction of sp³-hybridized carbons (Fsp3) is 0. The molecular formula is C13H9FN4O3. The quantitative estimate of drug-likeness (QED) is 0.658. The van der Waals surface area contributed by atoms with Crippen molar-refractivity contribution in [1.29, 1.82) is 0 Å². The molecule has 2 aromatic heterocycles. The average Bonchev–Trinajstić information content (AvgIpc) is 2.80. The highest BCUT2D eigenvalue weighted by molar-refractivity contribution is 5.96. The van der Waals surface area contributed by atoms with Gasteiger partial charge in [-0.05, 0) is 23.8 Å². The van der Waals surface area contributed by atoms with Crippen LogP contribution in [-0.4, -0.2) is 30.8 Å². The topological polar surface area (TPSA) is 114 Å². The van der Waals surface area contributed by atoms with Gasteiger partial charge >= 0.3 is 5.97 Å². The third-order valence-electron chi connectivity index (χ3n) is 2.96. The van der Waals surface area contributed by atoms with Crippen LogP contribution in [0.5, 0.6) is 5.75 Å². The molecule has 1 aromatic carbocycles. The standard InChI is InChI=1S/C13H9FN4O3/c14-9-4-6(1-2-10(9)19)7-3-8(12(20)21)11-16-13(15)17-18(11)5-7/h1-5,19H,(H2,15,17)(H,20,21). The number of aromatic hydroxyl groups is 1. The summed E-state index contributed by atoms with van der Waals surface area (Å²) in [5.74, 6) is -2.55. The van der Waals surface area contributed by atoms with E-state index in [0.29, 0.717) is 11.1 Å². The molecule has 0 aliphatic carbocycles. The van der Waals surface area contributed by atoms with E-state index in [1.54, 1.807) is 0 Å². The molecule has 8 heteroatoms. The number of carboxylic acids is 1. The van der Waals surface area contributed by atoms with Crippen molar-refractivity contribution in [3.05, 3.63) is 41.8 Å². The monoisotopic (exact) mass is 288 g/mol. The Kier molecular flexibility index (Phi) is 2.72. The number of halogens is 1. The van der Waals surface area contributed by atoms with E-state index in [4.69, 9.17) is 5.73 Å². The number of hydrogen-bond acceptors (Lipinski definition) is 5. The molecule has 0 spiro atoms. The van der Waals surface area contributed by atoms with Gasteiger partial charge in [0.05, 0.1) is 0 Å². The number of phenols is 1. The Labute approximate surface area is 117 Å². The van der Waals surface area contributed by atoms with Crippen LogP contribution in [0, 0.1) is 5.82 Å². The van der Waals surface area contributed by atoms with Crippen LogP contribution in [0.15, 0.2) is 30.5 Å². The van der Waals surface area contributed by atoms with Gasteiger partial charge in [-0.25, -0.2) is 13.7 Å². The number of nitrogens with two attached hydrogens (primary N) is 1. The lowest BCUT2D eigenvalue weighted by molar-refractivity contribution is 0.0698. The number of carbonyl (C=O) groups is 1. The molecule has 4 N–H and O–H groups in total. The molecule has 21 heavy (non-hydrogen) atoms. The van der Waals surface area contributed by atoms with Crippen molar-refractivity contribution in [1.82, 2.24) is 14.6 Å². The Bertz CT molecular complexity index is 875. The summed E-state index contributed by atoms with van der Waals surface area (Å²) in [4.78, 5) is 15.1. The number of fused-ring (bicyclic) bond motifs is 1. The van der Waals surface area contributed by atoms with Crippen LogP contribution in [0.25, 0.3) is 16.8 Å². The summed E-state index contributed by atoms with van der Waals surface area (Å²) in [6, 6.07) is 5.09. The molecule has 0 radical (unpaired) electrons. The Balaban J connectivity index is 2.27. The first-order valence-electron chi connectivity index (χ1n) is 5.84. The van der Waals surface area contributed by atoms with Crippen LogP contribution >= 0.6 is 0 Å². The molecule has 0 bridgehead atoms. The molecule has 7 nitrogen and oxygen atoms in total. The van der Waals surface area contributed by atoms with E-state index in [2.05, 4.69) is 10.1 Å². The molecule has 2 heterocycles. The number of rotatable bonds is 2. The van der Waals surface area contributed by atoms with Crippen molar-refractivity contribution in [3.8, 4) is 16.9 Å². The Morgan fingerprint density at radius 3 is 2.71 bits per heavy atom. The number of aromatic carboxylic acids is 1. The predicted octanol–water partition coefficient (Wildman–Crippen LogP) is 1.52. The van der Waals surface area contributed by atoms with Gasteiger partial charge in [0.25, 0.3) is 0 Å². The molecule has 0 saturated heterocycles. The summed E-state index contributed by atoms with van der Waals surface area (Å²) in [7, 11) is 0. The largest absolute Gasteiger partial charge is 0.505 e. The van der Waals surface area contributed by atoms with Crippen molar-refractivity contribution >= 4 is 17.6 Å². The van der Waals surface area contributed by atoms with Gasteiger partial charge in [-0.2, -0.15) is 4.98 Å². The lowest BCUT2D eigenvalue weighted by Crippen LogP contribution is -2.02. The van der Waals surface area contributed by atoms with Crippen molar-refractivity contribution < 1.29 is 19.4 Å². The second kappa shape index (κ2) is 4.44. The maximum Gasteiger partial charge on any atom is 0.339 e. The first kappa shape index (κ1) is 12.9. The number of anilines is 1. The molecule has 0 aliphatic heterocycles. The van der Waals surface area contributed by atoms with Crippen LogP contribution in [0.1, 0.15) is 10.4 Å². The Hall–Kier alpha value is -3.16. The third kappa shape index (κ3) is 2.12. The summed E-state index contributed by atoms with van der Waals surface area (Å²) in [5.41, 5.74) is 6.26. The highest BCUT2D eigenvalue weighted by atomic mass is 19.1. The van der Waals surface area contributed by atoms with Gasteiger partial charge in [0.15, 0.2) is 17.2 Å². The number of benzene rings is 1. The third-order valence-corrected chi connectivity index (χ3v) is 2.96. The fourth-order valence-electron chi connectivity index (χ4n) is 2.00. The number of nitrogen functional groups attached to an aromatic ring is 1. The maximum atomic E-state index is 13.4. The second-order valence-electron chi connectivity index (χ2n) is 4.35. The zero-order chi connectivity index (χ0) is 15.1. The SMILES string of the molecule is Nc1nc2c(C(=O)O)cc(-c3ccc(O)c(F)c3)cn2n1. The van der Waals surface area contributed by atoms with Crippen LogP contribution in [0.2, 0.25) is 0 Å². The van der Waals surface area contributed by atoms with Gasteiger partial charge in [-0.15, -0.1) is 5.10 Å². The van der Waals surface area contributed by atoms with Crippen molar-refractivity contribution in [3.63, 3.8) is 0 Å². The molecule has 0 unspecified atom stereocenters. The van der Waals surface area contributed by atoms with Gasteiger partial charge < -0.3 is 15.9 Å².